The Hall–Kier alpha value is -3.80. The molecule has 2 aromatic carbocycles. The van der Waals surface area contributed by atoms with Gasteiger partial charge in [0.25, 0.3) is 0 Å². The summed E-state index contributed by atoms with van der Waals surface area (Å²) >= 11 is 1.57. The van der Waals surface area contributed by atoms with Crippen LogP contribution in [0.1, 0.15) is 20.9 Å². The molecule has 154 valence electrons. The third-order valence-corrected chi connectivity index (χ3v) is 5.94. The fourth-order valence-electron chi connectivity index (χ4n) is 3.11. The fraction of sp³-hybridized carbons (Fsp3) is 0.154. The Labute approximate surface area is 188 Å². The Morgan fingerprint density at radius 3 is 1.81 bits per heavy atom. The lowest BCUT2D eigenvalue weighted by Crippen LogP contribution is -2.08. The van der Waals surface area contributed by atoms with Crippen molar-refractivity contribution < 1.29 is 0 Å². The maximum atomic E-state index is 9.53. The van der Waals surface area contributed by atoms with Crippen molar-refractivity contribution in [3.63, 3.8) is 0 Å². The first-order valence-electron chi connectivity index (χ1n) is 9.81. The van der Waals surface area contributed by atoms with E-state index >= 15 is 0 Å². The molecule has 0 unspecified atom stereocenters. The van der Waals surface area contributed by atoms with E-state index in [0.29, 0.717) is 5.57 Å². The molecule has 0 N–H and O–H groups in total. The number of allylic oxidation sites excluding steroid dienone is 1. The van der Waals surface area contributed by atoms with Crippen LogP contribution < -0.4 is 9.80 Å². The molecule has 0 spiro atoms. The summed E-state index contributed by atoms with van der Waals surface area (Å²) in [6.07, 6.45) is 4.13. The predicted octanol–water partition coefficient (Wildman–Crippen LogP) is 5.90. The molecule has 0 atom stereocenters. The van der Waals surface area contributed by atoms with E-state index in [1.807, 2.05) is 69.5 Å². The topological polar surface area (TPSA) is 54.1 Å². The summed E-state index contributed by atoms with van der Waals surface area (Å²) in [5.74, 6) is 0. The number of hydrogen-bond acceptors (Lipinski definition) is 5. The van der Waals surface area contributed by atoms with Crippen molar-refractivity contribution in [2.24, 2.45) is 0 Å². The van der Waals surface area contributed by atoms with Crippen LogP contribution >= 0.6 is 11.3 Å². The average molecular weight is 425 g/mol. The largest absolute Gasteiger partial charge is 0.378 e. The van der Waals surface area contributed by atoms with Gasteiger partial charge in [-0.1, -0.05) is 30.3 Å². The number of hydrogen-bond donors (Lipinski definition) is 0. The Balaban J connectivity index is 1.92. The maximum Gasteiger partial charge on any atom is 0.138 e. The molecule has 0 aliphatic rings. The van der Waals surface area contributed by atoms with Gasteiger partial charge in [0, 0.05) is 54.9 Å². The zero-order valence-electron chi connectivity index (χ0n) is 18.1. The summed E-state index contributed by atoms with van der Waals surface area (Å²) in [6, 6.07) is 24.4. The van der Waals surface area contributed by atoms with Gasteiger partial charge in [0.05, 0.1) is 0 Å². The van der Waals surface area contributed by atoms with E-state index in [-0.39, 0.29) is 5.57 Å². The van der Waals surface area contributed by atoms with E-state index in [1.54, 1.807) is 11.3 Å². The number of nitrogens with zero attached hydrogens (tertiary/aromatic N) is 4. The molecule has 4 nitrogen and oxygen atoms in total. The van der Waals surface area contributed by atoms with Gasteiger partial charge in [0.1, 0.15) is 17.7 Å². The molecule has 0 aliphatic carbocycles. The summed E-state index contributed by atoms with van der Waals surface area (Å²) in [5, 5.41) is 19.1. The van der Waals surface area contributed by atoms with Crippen LogP contribution in [-0.4, -0.2) is 28.2 Å². The van der Waals surface area contributed by atoms with E-state index < -0.39 is 0 Å². The number of thiophene rings is 1. The predicted molar refractivity (Wildman–Crippen MR) is 132 cm³/mol. The van der Waals surface area contributed by atoms with Gasteiger partial charge in [-0.25, -0.2) is 0 Å². The summed E-state index contributed by atoms with van der Waals surface area (Å²) in [7, 11) is 8.00. The summed E-state index contributed by atoms with van der Waals surface area (Å²) < 4.78 is 0. The molecule has 0 saturated heterocycles. The van der Waals surface area contributed by atoms with E-state index in [2.05, 4.69) is 53.5 Å². The van der Waals surface area contributed by atoms with E-state index in [0.717, 1.165) is 32.3 Å². The molecule has 3 aromatic rings. The molecule has 0 saturated carbocycles. The number of anilines is 2. The molecule has 31 heavy (non-hydrogen) atoms. The molecule has 1 heterocycles. The molecule has 0 amide bonds. The normalized spacial score (nSPS) is 10.4. The lowest BCUT2D eigenvalue weighted by Gasteiger charge is -2.13. The van der Waals surface area contributed by atoms with Crippen LogP contribution in [0.2, 0.25) is 0 Å². The Kier molecular flexibility index (Phi) is 6.92. The first-order valence-corrected chi connectivity index (χ1v) is 10.6. The second-order valence-electron chi connectivity index (χ2n) is 7.44. The van der Waals surface area contributed by atoms with Crippen LogP contribution in [0.5, 0.6) is 0 Å². The van der Waals surface area contributed by atoms with E-state index in [4.69, 9.17) is 0 Å². The minimum atomic E-state index is 0.120. The summed E-state index contributed by atoms with van der Waals surface area (Å²) in [5.41, 5.74) is 5.00. The summed E-state index contributed by atoms with van der Waals surface area (Å²) in [4.78, 5) is 6.05. The van der Waals surface area contributed by atoms with E-state index in [1.165, 1.54) is 0 Å². The van der Waals surface area contributed by atoms with Crippen LogP contribution in [0.4, 0.5) is 11.4 Å². The molecular formula is C26H24N4S. The summed E-state index contributed by atoms with van der Waals surface area (Å²) in [6.45, 7) is 0. The highest BCUT2D eigenvalue weighted by Gasteiger charge is 2.14. The first kappa shape index (κ1) is 21.9. The maximum absolute atomic E-state index is 9.53. The zero-order valence-corrected chi connectivity index (χ0v) is 18.9. The van der Waals surface area contributed by atoms with Crippen molar-refractivity contribution in [3.8, 4) is 12.1 Å². The molecule has 0 bridgehead atoms. The number of rotatable bonds is 6. The molecule has 3 rings (SSSR count). The van der Waals surface area contributed by atoms with Gasteiger partial charge in [-0.15, -0.1) is 11.3 Å². The van der Waals surface area contributed by atoms with Gasteiger partial charge in [-0.05, 0) is 53.6 Å². The molecular weight excluding hydrogens is 400 g/mol. The van der Waals surface area contributed by atoms with Crippen molar-refractivity contribution in [2.75, 3.05) is 38.0 Å². The fourth-order valence-corrected chi connectivity index (χ4v) is 4.10. The van der Waals surface area contributed by atoms with Gasteiger partial charge in [-0.3, -0.25) is 0 Å². The lowest BCUT2D eigenvalue weighted by atomic mass is 9.99. The highest BCUT2D eigenvalue weighted by atomic mass is 32.1. The van der Waals surface area contributed by atoms with Crippen LogP contribution in [0.25, 0.3) is 17.7 Å². The Morgan fingerprint density at radius 1 is 0.742 bits per heavy atom. The van der Waals surface area contributed by atoms with Crippen LogP contribution in [0.3, 0.4) is 0 Å². The average Bonchev–Trinajstić information content (AvgIpc) is 3.24. The van der Waals surface area contributed by atoms with Gasteiger partial charge in [-0.2, -0.15) is 10.5 Å². The highest BCUT2D eigenvalue weighted by molar-refractivity contribution is 7.14. The highest BCUT2D eigenvalue weighted by Crippen LogP contribution is 2.33. The third-order valence-electron chi connectivity index (χ3n) is 4.87. The first-order chi connectivity index (χ1) is 14.9. The number of nitriles is 2. The molecule has 1 aromatic heterocycles. The zero-order chi connectivity index (χ0) is 22.4. The van der Waals surface area contributed by atoms with Gasteiger partial charge in [0.15, 0.2) is 0 Å². The monoisotopic (exact) mass is 424 g/mol. The second kappa shape index (κ2) is 9.80. The van der Waals surface area contributed by atoms with Gasteiger partial charge < -0.3 is 9.80 Å². The van der Waals surface area contributed by atoms with E-state index in [9.17, 15) is 10.5 Å². The molecule has 5 heteroatoms. The lowest BCUT2D eigenvalue weighted by molar-refractivity contribution is 1.13. The van der Waals surface area contributed by atoms with Crippen molar-refractivity contribution in [3.05, 3.63) is 87.1 Å². The van der Waals surface area contributed by atoms with Gasteiger partial charge >= 0.3 is 0 Å². The van der Waals surface area contributed by atoms with Crippen molar-refractivity contribution in [1.29, 1.82) is 10.5 Å². The van der Waals surface area contributed by atoms with Crippen molar-refractivity contribution >= 4 is 40.4 Å². The minimum absolute atomic E-state index is 0.120. The SMILES string of the molecule is CN(C)c1ccc(/C=C/c2ccc(C(=C(C#N)C#N)c3ccc(N(C)C)cc3)s2)cc1. The van der Waals surface area contributed by atoms with Crippen LogP contribution in [-0.2, 0) is 0 Å². The molecule has 0 fully saturated rings. The quantitative estimate of drug-likeness (QED) is 0.462. The smallest absolute Gasteiger partial charge is 0.138 e. The van der Waals surface area contributed by atoms with Crippen LogP contribution in [0, 0.1) is 22.7 Å². The number of benzene rings is 2. The minimum Gasteiger partial charge on any atom is -0.378 e. The second-order valence-corrected chi connectivity index (χ2v) is 8.55. The Bertz CT molecular complexity index is 1170. The van der Waals surface area contributed by atoms with Crippen molar-refractivity contribution in [1.82, 2.24) is 0 Å². The molecule has 0 aliphatic heterocycles. The van der Waals surface area contributed by atoms with Crippen molar-refractivity contribution in [2.45, 2.75) is 0 Å². The standard InChI is InChI=1S/C26H24N4S/c1-29(2)22-10-5-19(6-11-22)7-14-24-15-16-25(31-24)26(21(17-27)18-28)20-8-12-23(13-9-20)30(3)4/h5-16H,1-4H3/b14-7+. The Morgan fingerprint density at radius 2 is 1.29 bits per heavy atom. The molecule has 0 radical (unpaired) electrons. The third kappa shape index (κ3) is 5.22. The van der Waals surface area contributed by atoms with Gasteiger partial charge in [0.2, 0.25) is 0 Å². The van der Waals surface area contributed by atoms with Crippen LogP contribution in [0.15, 0.2) is 66.2 Å².